The van der Waals surface area contributed by atoms with Crippen molar-refractivity contribution >= 4 is 23.0 Å². The summed E-state index contributed by atoms with van der Waals surface area (Å²) >= 11 is 0. The topological polar surface area (TPSA) is 130 Å². The van der Waals surface area contributed by atoms with Gasteiger partial charge < -0.3 is 20.5 Å². The number of aliphatic hydroxyl groups is 1. The van der Waals surface area contributed by atoms with Gasteiger partial charge in [-0.15, -0.1) is 0 Å². The molecule has 10 heteroatoms. The molecule has 2 aromatic heterocycles. The first-order chi connectivity index (χ1) is 14.8. The van der Waals surface area contributed by atoms with Gasteiger partial charge in [0.25, 0.3) is 11.2 Å². The number of H-pyrrole nitrogens is 1. The van der Waals surface area contributed by atoms with Gasteiger partial charge in [-0.25, -0.2) is 4.57 Å². The summed E-state index contributed by atoms with van der Waals surface area (Å²) in [6.07, 6.45) is -0.255. The van der Waals surface area contributed by atoms with Crippen LogP contribution in [0, 0.1) is 5.92 Å². The van der Waals surface area contributed by atoms with Gasteiger partial charge >= 0.3 is 5.56 Å². The number of carbonyl (C=O) groups is 1. The molecule has 0 unspecified atom stereocenters. The second-order valence-electron chi connectivity index (χ2n) is 8.14. The number of imidazole rings is 1. The van der Waals surface area contributed by atoms with Crippen LogP contribution in [-0.2, 0) is 16.1 Å². The second-order valence-corrected chi connectivity index (χ2v) is 8.14. The Kier molecular flexibility index (Phi) is 5.50. The molecule has 1 amide bonds. The quantitative estimate of drug-likeness (QED) is 0.492. The molecule has 0 bridgehead atoms. The summed E-state index contributed by atoms with van der Waals surface area (Å²) in [5.41, 5.74) is 7.06. The highest BCUT2D eigenvalue weighted by atomic mass is 16.5. The van der Waals surface area contributed by atoms with E-state index < -0.39 is 12.3 Å². The molecule has 0 saturated carbocycles. The Labute approximate surface area is 178 Å². The van der Waals surface area contributed by atoms with Gasteiger partial charge in [-0.1, -0.05) is 30.3 Å². The average molecular weight is 427 g/mol. The van der Waals surface area contributed by atoms with Crippen molar-refractivity contribution in [2.45, 2.75) is 38.3 Å². The zero-order chi connectivity index (χ0) is 22.3. The van der Waals surface area contributed by atoms with E-state index in [2.05, 4.69) is 9.97 Å². The highest BCUT2D eigenvalue weighted by molar-refractivity contribution is 5.76. The molecule has 4 atom stereocenters. The number of aromatic nitrogens is 4. The number of carbonyl (C=O) groups excluding carboxylic acids is 1. The first-order valence-corrected chi connectivity index (χ1v) is 10.1. The summed E-state index contributed by atoms with van der Waals surface area (Å²) in [5.74, 6) is -0.502. The summed E-state index contributed by atoms with van der Waals surface area (Å²) in [6, 6.07) is 9.69. The number of nitrogens with two attached hydrogens (primary N) is 1. The fourth-order valence-corrected chi connectivity index (χ4v) is 4.05. The minimum absolute atomic E-state index is 0.0245. The van der Waals surface area contributed by atoms with E-state index in [4.69, 9.17) is 10.5 Å². The minimum atomic E-state index is -0.956. The van der Waals surface area contributed by atoms with E-state index in [0.29, 0.717) is 17.7 Å². The van der Waals surface area contributed by atoms with E-state index in [1.807, 2.05) is 37.3 Å². The SMILES string of the molecule is C[C@H]1O[C@@H](n2c[n+](Cc3ccccc3)c3c(=O)[nH]c(N)nc32)[C@H](O)[C@@H]1CC(=O)N(C)C. The van der Waals surface area contributed by atoms with Crippen LogP contribution in [0.15, 0.2) is 41.5 Å². The number of benzene rings is 1. The Hall–Kier alpha value is -3.24. The van der Waals surface area contributed by atoms with Gasteiger partial charge in [-0.05, 0) is 12.5 Å². The number of aromatic amines is 1. The molecule has 1 aliphatic heterocycles. The molecule has 3 aromatic rings. The van der Waals surface area contributed by atoms with Crippen LogP contribution in [0.25, 0.3) is 11.2 Å². The molecule has 1 saturated heterocycles. The van der Waals surface area contributed by atoms with Crippen LogP contribution in [0.2, 0.25) is 0 Å². The predicted octanol–water partition coefficient (Wildman–Crippen LogP) is 0.0153. The van der Waals surface area contributed by atoms with Crippen LogP contribution in [-0.4, -0.2) is 56.8 Å². The third-order valence-electron chi connectivity index (χ3n) is 5.76. The highest BCUT2D eigenvalue weighted by Crippen LogP contribution is 2.37. The van der Waals surface area contributed by atoms with Crippen molar-refractivity contribution in [3.05, 3.63) is 52.6 Å². The number of fused-ring (bicyclic) bond motifs is 1. The number of anilines is 1. The lowest BCUT2D eigenvalue weighted by Gasteiger charge is -2.18. The van der Waals surface area contributed by atoms with Gasteiger partial charge in [0.1, 0.15) is 12.6 Å². The number of aliphatic hydroxyl groups excluding tert-OH is 1. The van der Waals surface area contributed by atoms with Gasteiger partial charge in [0.15, 0.2) is 0 Å². The van der Waals surface area contributed by atoms with Crippen LogP contribution in [0.4, 0.5) is 5.95 Å². The molecule has 0 radical (unpaired) electrons. The average Bonchev–Trinajstić information content (AvgIpc) is 3.20. The summed E-state index contributed by atoms with van der Waals surface area (Å²) in [4.78, 5) is 33.3. The predicted molar refractivity (Wildman–Crippen MR) is 113 cm³/mol. The van der Waals surface area contributed by atoms with Gasteiger partial charge in [0.05, 0.1) is 6.10 Å². The lowest BCUT2D eigenvalue weighted by atomic mass is 9.94. The second kappa shape index (κ2) is 8.12. The van der Waals surface area contributed by atoms with Gasteiger partial charge in [-0.3, -0.25) is 14.6 Å². The van der Waals surface area contributed by atoms with E-state index in [9.17, 15) is 14.7 Å². The number of hydrogen-bond acceptors (Lipinski definition) is 6. The van der Waals surface area contributed by atoms with Crippen LogP contribution in [0.1, 0.15) is 25.1 Å². The van der Waals surface area contributed by atoms with Crippen LogP contribution in [0.3, 0.4) is 0 Å². The van der Waals surface area contributed by atoms with Crippen molar-refractivity contribution in [1.29, 1.82) is 0 Å². The molecule has 4 N–H and O–H groups in total. The Morgan fingerprint density at radius 2 is 2.06 bits per heavy atom. The Bertz CT molecular complexity index is 1160. The molecule has 164 valence electrons. The molecule has 4 rings (SSSR count). The summed E-state index contributed by atoms with van der Waals surface area (Å²) < 4.78 is 9.43. The Morgan fingerprint density at radius 1 is 1.35 bits per heavy atom. The number of nitrogens with zero attached hydrogens (tertiary/aromatic N) is 4. The fraction of sp³-hybridized carbons (Fsp3) is 0.429. The smallest absolute Gasteiger partial charge is 0.304 e. The van der Waals surface area contributed by atoms with Gasteiger partial charge in [-0.2, -0.15) is 9.55 Å². The van der Waals surface area contributed by atoms with Crippen molar-refractivity contribution < 1.29 is 19.2 Å². The highest BCUT2D eigenvalue weighted by Gasteiger charge is 2.47. The zero-order valence-corrected chi connectivity index (χ0v) is 17.7. The molecule has 0 spiro atoms. The van der Waals surface area contributed by atoms with E-state index >= 15 is 0 Å². The molecule has 1 fully saturated rings. The van der Waals surface area contributed by atoms with Crippen molar-refractivity contribution in [2.75, 3.05) is 19.8 Å². The van der Waals surface area contributed by atoms with Crippen LogP contribution < -0.4 is 15.9 Å². The van der Waals surface area contributed by atoms with E-state index in [-0.39, 0.29) is 35.9 Å². The molecule has 3 heterocycles. The van der Waals surface area contributed by atoms with Gasteiger partial charge in [0, 0.05) is 26.4 Å². The standard InChI is InChI=1S/C21H26N6O4/c1-12-14(9-15(28)25(2)3)17(29)20(31-12)27-11-26(10-13-7-5-4-6-8-13)16-18(27)23-21(22)24-19(16)30/h4-8,11-12,14,17,20,29H,9-10H2,1-3H3,(H2-,22,23,24,30)/p+1/t12-,14-,17-,20-/m1/s1. The molecule has 31 heavy (non-hydrogen) atoms. The van der Waals surface area contributed by atoms with Crippen molar-refractivity contribution in [3.8, 4) is 0 Å². The van der Waals surface area contributed by atoms with Crippen molar-refractivity contribution in [1.82, 2.24) is 19.4 Å². The van der Waals surface area contributed by atoms with Crippen LogP contribution in [0.5, 0.6) is 0 Å². The molecule has 1 aromatic carbocycles. The maximum atomic E-state index is 12.7. The molecule has 1 aliphatic rings. The van der Waals surface area contributed by atoms with Crippen molar-refractivity contribution in [2.24, 2.45) is 5.92 Å². The number of nitrogens with one attached hydrogen (secondary N) is 1. The maximum absolute atomic E-state index is 12.7. The number of nitrogen functional groups attached to an aromatic ring is 1. The normalized spacial score (nSPS) is 23.4. The summed E-state index contributed by atoms with van der Waals surface area (Å²) in [7, 11) is 3.36. The number of rotatable bonds is 5. The van der Waals surface area contributed by atoms with Crippen molar-refractivity contribution in [3.63, 3.8) is 0 Å². The third-order valence-corrected chi connectivity index (χ3v) is 5.76. The molecular weight excluding hydrogens is 400 g/mol. The Balaban J connectivity index is 1.75. The minimum Gasteiger partial charge on any atom is -0.386 e. The zero-order valence-electron chi connectivity index (χ0n) is 17.7. The monoisotopic (exact) mass is 427 g/mol. The van der Waals surface area contributed by atoms with E-state index in [1.54, 1.807) is 29.6 Å². The fourth-order valence-electron chi connectivity index (χ4n) is 4.05. The summed E-state index contributed by atoms with van der Waals surface area (Å²) in [5, 5.41) is 11.0. The number of ether oxygens (including phenoxy) is 1. The largest absolute Gasteiger partial charge is 0.386 e. The first kappa shape index (κ1) is 21.0. The number of hydrogen-bond donors (Lipinski definition) is 3. The molecule has 10 nitrogen and oxygen atoms in total. The molecule has 0 aliphatic carbocycles. The maximum Gasteiger partial charge on any atom is 0.304 e. The van der Waals surface area contributed by atoms with E-state index in [1.165, 1.54) is 4.90 Å². The lowest BCUT2D eigenvalue weighted by molar-refractivity contribution is -0.664. The van der Waals surface area contributed by atoms with E-state index in [0.717, 1.165) is 5.56 Å². The first-order valence-electron chi connectivity index (χ1n) is 10.1. The molecular formula is C21H27N6O4+. The lowest BCUT2D eigenvalue weighted by Crippen LogP contribution is -2.37. The number of amides is 1. The third kappa shape index (κ3) is 3.91. The summed E-state index contributed by atoms with van der Waals surface area (Å²) in [6.45, 7) is 2.26. The van der Waals surface area contributed by atoms with Gasteiger partial charge in [0.2, 0.25) is 24.4 Å². The van der Waals surface area contributed by atoms with Crippen LogP contribution >= 0.6 is 0 Å². The Morgan fingerprint density at radius 3 is 2.74 bits per heavy atom.